The predicted octanol–water partition coefficient (Wildman–Crippen LogP) is 4.43. The van der Waals surface area contributed by atoms with E-state index in [0.717, 1.165) is 17.7 Å². The Labute approximate surface area is 130 Å². The van der Waals surface area contributed by atoms with E-state index in [0.29, 0.717) is 6.07 Å². The zero-order valence-corrected chi connectivity index (χ0v) is 12.8. The lowest BCUT2D eigenvalue weighted by Crippen LogP contribution is -2.12. The Morgan fingerprint density at radius 2 is 1.64 bits per heavy atom. The highest BCUT2D eigenvalue weighted by Crippen LogP contribution is 2.36. The molecule has 8 heteroatoms. The first-order valence-corrected chi connectivity index (χ1v) is 7.76. The van der Waals surface area contributed by atoms with Gasteiger partial charge in [-0.15, -0.1) is 0 Å². The van der Waals surface area contributed by atoms with Gasteiger partial charge in [0.25, 0.3) is 0 Å². The highest BCUT2D eigenvalue weighted by Gasteiger charge is 2.34. The third kappa shape index (κ3) is 3.72. The summed E-state index contributed by atoms with van der Waals surface area (Å²) in [6.07, 6.45) is -4.76. The molecular formula is C14H10ClF3O3S. The summed E-state index contributed by atoms with van der Waals surface area (Å²) in [7, 11) is -4.38. The third-order valence-corrected chi connectivity index (χ3v) is 4.33. The number of hydrogen-bond donors (Lipinski definition) is 0. The Morgan fingerprint density at radius 3 is 2.18 bits per heavy atom. The minimum Gasteiger partial charge on any atom is -0.379 e. The summed E-state index contributed by atoms with van der Waals surface area (Å²) in [6.45, 7) is 1.80. The second-order valence-corrected chi connectivity index (χ2v) is 6.44. The summed E-state index contributed by atoms with van der Waals surface area (Å²) >= 11 is 5.45. The van der Waals surface area contributed by atoms with Gasteiger partial charge in [0.05, 0.1) is 10.6 Å². The van der Waals surface area contributed by atoms with Crippen LogP contribution in [0.4, 0.5) is 13.2 Å². The monoisotopic (exact) mass is 350 g/mol. The summed E-state index contributed by atoms with van der Waals surface area (Å²) in [4.78, 5) is -0.621. The fourth-order valence-corrected chi connectivity index (χ4v) is 2.83. The Hall–Kier alpha value is -1.73. The van der Waals surface area contributed by atoms with Gasteiger partial charge in [-0.25, -0.2) is 0 Å². The van der Waals surface area contributed by atoms with Crippen LogP contribution in [0.2, 0.25) is 5.02 Å². The fraction of sp³-hybridized carbons (Fsp3) is 0.143. The van der Waals surface area contributed by atoms with Gasteiger partial charge in [-0.2, -0.15) is 21.6 Å². The molecule has 0 radical (unpaired) electrons. The van der Waals surface area contributed by atoms with Crippen molar-refractivity contribution in [2.75, 3.05) is 0 Å². The molecule has 22 heavy (non-hydrogen) atoms. The van der Waals surface area contributed by atoms with Crippen molar-refractivity contribution in [3.05, 3.63) is 58.6 Å². The molecule has 0 heterocycles. The lowest BCUT2D eigenvalue weighted by Gasteiger charge is -2.12. The standard InChI is InChI=1S/C14H10ClF3O3S/c1-9-2-4-10(5-3-9)21-22(19,20)11-6-7-13(15)12(8-11)14(16,17)18/h2-8H,1H3. The van der Waals surface area contributed by atoms with Crippen molar-refractivity contribution in [3.8, 4) is 5.75 Å². The first kappa shape index (κ1) is 16.6. The minimum atomic E-state index is -4.76. The van der Waals surface area contributed by atoms with E-state index in [2.05, 4.69) is 0 Å². The van der Waals surface area contributed by atoms with E-state index in [-0.39, 0.29) is 5.75 Å². The minimum absolute atomic E-state index is 0.00843. The molecule has 2 aromatic rings. The molecule has 0 saturated heterocycles. The highest BCUT2D eigenvalue weighted by molar-refractivity contribution is 7.87. The lowest BCUT2D eigenvalue weighted by molar-refractivity contribution is -0.137. The van der Waals surface area contributed by atoms with Crippen molar-refractivity contribution < 1.29 is 25.8 Å². The molecule has 3 nitrogen and oxygen atoms in total. The molecule has 0 saturated carbocycles. The van der Waals surface area contributed by atoms with Crippen LogP contribution in [-0.4, -0.2) is 8.42 Å². The SMILES string of the molecule is Cc1ccc(OS(=O)(=O)c2ccc(Cl)c(C(F)(F)F)c2)cc1. The molecule has 0 bridgehead atoms. The maximum absolute atomic E-state index is 12.8. The molecule has 0 amide bonds. The molecule has 0 fully saturated rings. The Balaban J connectivity index is 2.39. The largest absolute Gasteiger partial charge is 0.417 e. The van der Waals surface area contributed by atoms with Gasteiger partial charge in [0, 0.05) is 0 Å². The van der Waals surface area contributed by atoms with Crippen molar-refractivity contribution in [2.45, 2.75) is 18.0 Å². The average molecular weight is 351 g/mol. The van der Waals surface area contributed by atoms with Crippen LogP contribution in [0.15, 0.2) is 47.4 Å². The van der Waals surface area contributed by atoms with Gasteiger partial charge in [-0.1, -0.05) is 29.3 Å². The number of rotatable bonds is 3. The van der Waals surface area contributed by atoms with Crippen molar-refractivity contribution in [2.24, 2.45) is 0 Å². The Bertz CT molecular complexity index is 784. The summed E-state index contributed by atoms with van der Waals surface area (Å²) in [5, 5.41) is -0.582. The molecule has 2 rings (SSSR count). The Morgan fingerprint density at radius 1 is 1.05 bits per heavy atom. The van der Waals surface area contributed by atoms with Crippen LogP contribution in [0.1, 0.15) is 11.1 Å². The van der Waals surface area contributed by atoms with Gasteiger partial charge >= 0.3 is 16.3 Å². The van der Waals surface area contributed by atoms with Gasteiger partial charge < -0.3 is 4.18 Å². The highest BCUT2D eigenvalue weighted by atomic mass is 35.5. The van der Waals surface area contributed by atoms with Crippen LogP contribution in [-0.2, 0) is 16.3 Å². The van der Waals surface area contributed by atoms with E-state index < -0.39 is 31.8 Å². The van der Waals surface area contributed by atoms with E-state index in [1.807, 2.05) is 0 Å². The van der Waals surface area contributed by atoms with Crippen LogP contribution in [0, 0.1) is 6.92 Å². The molecule has 0 spiro atoms. The van der Waals surface area contributed by atoms with Gasteiger partial charge in [0.2, 0.25) is 0 Å². The number of hydrogen-bond acceptors (Lipinski definition) is 3. The first-order valence-electron chi connectivity index (χ1n) is 5.97. The molecule has 0 aromatic heterocycles. The van der Waals surface area contributed by atoms with Crippen LogP contribution in [0.3, 0.4) is 0 Å². The van der Waals surface area contributed by atoms with E-state index in [9.17, 15) is 21.6 Å². The molecule has 0 aliphatic heterocycles. The first-order chi connectivity index (χ1) is 10.1. The molecule has 0 atom stereocenters. The zero-order chi connectivity index (χ0) is 16.5. The topological polar surface area (TPSA) is 43.4 Å². The molecule has 0 aliphatic carbocycles. The lowest BCUT2D eigenvalue weighted by atomic mass is 10.2. The van der Waals surface area contributed by atoms with Gasteiger partial charge in [0.15, 0.2) is 0 Å². The van der Waals surface area contributed by atoms with Gasteiger partial charge in [-0.3, -0.25) is 0 Å². The fourth-order valence-electron chi connectivity index (χ4n) is 1.65. The normalized spacial score (nSPS) is 12.2. The summed E-state index contributed by atoms with van der Waals surface area (Å²) in [5.41, 5.74) is -0.349. The molecule has 2 aromatic carbocycles. The number of aryl methyl sites for hydroxylation is 1. The smallest absolute Gasteiger partial charge is 0.379 e. The van der Waals surface area contributed by atoms with Crippen LogP contribution in [0.25, 0.3) is 0 Å². The van der Waals surface area contributed by atoms with Gasteiger partial charge in [-0.05, 0) is 37.3 Å². The van der Waals surface area contributed by atoms with Crippen LogP contribution < -0.4 is 4.18 Å². The van der Waals surface area contributed by atoms with Crippen molar-refractivity contribution >= 4 is 21.7 Å². The summed E-state index contributed by atoms with van der Waals surface area (Å²) in [5.74, 6) is 0.00843. The molecule has 0 N–H and O–H groups in total. The summed E-state index contributed by atoms with van der Waals surface area (Å²) < 4.78 is 67.2. The van der Waals surface area contributed by atoms with E-state index in [4.69, 9.17) is 15.8 Å². The maximum Gasteiger partial charge on any atom is 0.417 e. The number of halogens is 4. The van der Waals surface area contributed by atoms with Crippen LogP contribution in [0.5, 0.6) is 5.75 Å². The third-order valence-electron chi connectivity index (χ3n) is 2.76. The molecule has 0 unspecified atom stereocenters. The van der Waals surface area contributed by atoms with Crippen molar-refractivity contribution in [1.29, 1.82) is 0 Å². The number of alkyl halides is 3. The average Bonchev–Trinajstić information content (AvgIpc) is 2.40. The van der Waals surface area contributed by atoms with Gasteiger partial charge in [0.1, 0.15) is 10.6 Å². The van der Waals surface area contributed by atoms with E-state index in [1.54, 1.807) is 19.1 Å². The second kappa shape index (κ2) is 5.81. The maximum atomic E-state index is 12.8. The molecule has 118 valence electrons. The number of benzene rings is 2. The van der Waals surface area contributed by atoms with Crippen LogP contribution >= 0.6 is 11.6 Å². The zero-order valence-electron chi connectivity index (χ0n) is 11.2. The molecular weight excluding hydrogens is 341 g/mol. The van der Waals surface area contributed by atoms with E-state index >= 15 is 0 Å². The van der Waals surface area contributed by atoms with Crippen molar-refractivity contribution in [1.82, 2.24) is 0 Å². The van der Waals surface area contributed by atoms with Crippen molar-refractivity contribution in [3.63, 3.8) is 0 Å². The Kier molecular flexibility index (Phi) is 4.39. The summed E-state index contributed by atoms with van der Waals surface area (Å²) in [6, 6.07) is 8.34. The quantitative estimate of drug-likeness (QED) is 0.769. The van der Waals surface area contributed by atoms with E-state index in [1.165, 1.54) is 12.1 Å². The predicted molar refractivity (Wildman–Crippen MR) is 75.4 cm³/mol. The second-order valence-electron chi connectivity index (χ2n) is 4.49. The molecule has 0 aliphatic rings.